The molecule has 0 spiro atoms. The second-order valence-corrected chi connectivity index (χ2v) is 4.64. The Morgan fingerprint density at radius 1 is 0.957 bits per heavy atom. The van der Waals surface area contributed by atoms with E-state index >= 15 is 0 Å². The lowest BCUT2D eigenvalue weighted by molar-refractivity contribution is -0.137. The van der Waals surface area contributed by atoms with Crippen LogP contribution >= 0.6 is 0 Å². The second-order valence-electron chi connectivity index (χ2n) is 4.64. The van der Waals surface area contributed by atoms with Crippen molar-refractivity contribution in [2.75, 3.05) is 6.61 Å². The minimum atomic E-state index is -0.790. The van der Waals surface area contributed by atoms with Gasteiger partial charge in [-0.3, -0.25) is 4.79 Å². The van der Waals surface area contributed by atoms with Crippen LogP contribution in [0.2, 0.25) is 0 Å². The van der Waals surface area contributed by atoms with Crippen LogP contribution < -0.4 is 0 Å². The van der Waals surface area contributed by atoms with Crippen molar-refractivity contribution >= 4 is 17.3 Å². The van der Waals surface area contributed by atoms with E-state index in [2.05, 4.69) is 0 Å². The maximum absolute atomic E-state index is 12.7. The Hall–Kier alpha value is -3.19. The molecular weight excluding hydrogens is 290 g/mol. The molecule has 2 rings (SSSR count). The first-order valence-corrected chi connectivity index (χ1v) is 7.15. The fraction of sp³-hybridized carbons (Fsp3) is 0.105. The Balaban J connectivity index is 2.62. The number of ketones is 1. The summed E-state index contributed by atoms with van der Waals surface area (Å²) in [5.41, 5.74) is 0.603. The molecule has 114 valence electrons. The van der Waals surface area contributed by atoms with E-state index < -0.39 is 11.8 Å². The summed E-state index contributed by atoms with van der Waals surface area (Å²) in [5.74, 6) is -1.31. The number of benzene rings is 2. The van der Waals surface area contributed by atoms with Crippen LogP contribution in [0.5, 0.6) is 0 Å². The van der Waals surface area contributed by atoms with Gasteiger partial charge in [0.25, 0.3) is 0 Å². The molecule has 0 amide bonds. The Labute approximate surface area is 134 Å². The van der Waals surface area contributed by atoms with Crippen LogP contribution in [-0.4, -0.2) is 18.4 Å². The molecular formula is C19H15NO3. The van der Waals surface area contributed by atoms with Crippen molar-refractivity contribution in [3.8, 4) is 6.07 Å². The van der Waals surface area contributed by atoms with Gasteiger partial charge in [0, 0.05) is 5.56 Å². The van der Waals surface area contributed by atoms with Crippen molar-refractivity contribution in [2.45, 2.75) is 6.92 Å². The van der Waals surface area contributed by atoms with Crippen LogP contribution in [0.3, 0.4) is 0 Å². The van der Waals surface area contributed by atoms with E-state index in [0.717, 1.165) is 0 Å². The van der Waals surface area contributed by atoms with E-state index in [-0.39, 0.29) is 17.8 Å². The lowest BCUT2D eigenvalue weighted by Gasteiger charge is -2.09. The van der Waals surface area contributed by atoms with Crippen molar-refractivity contribution in [1.82, 2.24) is 0 Å². The average molecular weight is 305 g/mol. The molecule has 0 atom stereocenters. The monoisotopic (exact) mass is 305 g/mol. The van der Waals surface area contributed by atoms with Gasteiger partial charge >= 0.3 is 5.97 Å². The molecule has 0 heterocycles. The minimum Gasteiger partial charge on any atom is -0.462 e. The van der Waals surface area contributed by atoms with Gasteiger partial charge in [-0.1, -0.05) is 60.7 Å². The van der Waals surface area contributed by atoms with Crippen molar-refractivity contribution in [3.63, 3.8) is 0 Å². The number of nitrogens with zero attached hydrogens (tertiary/aromatic N) is 1. The van der Waals surface area contributed by atoms with Gasteiger partial charge in [-0.15, -0.1) is 0 Å². The van der Waals surface area contributed by atoms with Crippen molar-refractivity contribution in [3.05, 3.63) is 77.4 Å². The molecule has 23 heavy (non-hydrogen) atoms. The molecule has 0 aliphatic heterocycles. The first-order chi connectivity index (χ1) is 11.2. The molecule has 0 saturated carbocycles. The zero-order valence-corrected chi connectivity index (χ0v) is 12.7. The summed E-state index contributed by atoms with van der Waals surface area (Å²) in [5, 5.41) is 9.49. The Kier molecular flexibility index (Phi) is 5.43. The third-order valence-electron chi connectivity index (χ3n) is 3.17. The highest BCUT2D eigenvalue weighted by Gasteiger charge is 2.26. The number of Topliss-reactive ketones (excluding diaryl/α,β-unsaturated/α-hetero) is 1. The molecule has 0 fully saturated rings. The quantitative estimate of drug-likeness (QED) is 0.212. The van der Waals surface area contributed by atoms with E-state index in [1.807, 2.05) is 6.07 Å². The van der Waals surface area contributed by atoms with E-state index in [4.69, 9.17) is 4.74 Å². The standard InChI is InChI=1S/C19H15NO3/c1-2-23-19(22)17(18(21)15-11-7-4-8-12-15)16(13-20)14-9-5-3-6-10-14/h3-12H,2H2,1H3/b17-16+. The average Bonchev–Trinajstić information content (AvgIpc) is 2.60. The number of carbonyl (C=O) groups is 2. The van der Waals surface area contributed by atoms with Crippen molar-refractivity contribution < 1.29 is 14.3 Å². The highest BCUT2D eigenvalue weighted by molar-refractivity contribution is 6.29. The van der Waals surface area contributed by atoms with Crippen molar-refractivity contribution in [1.29, 1.82) is 5.26 Å². The number of carbonyl (C=O) groups excluding carboxylic acids is 2. The summed E-state index contributed by atoms with van der Waals surface area (Å²) in [4.78, 5) is 25.0. The maximum Gasteiger partial charge on any atom is 0.343 e. The topological polar surface area (TPSA) is 67.2 Å². The summed E-state index contributed by atoms with van der Waals surface area (Å²) < 4.78 is 4.98. The van der Waals surface area contributed by atoms with Gasteiger partial charge < -0.3 is 4.74 Å². The number of nitriles is 1. The summed E-state index contributed by atoms with van der Waals surface area (Å²) in [6, 6.07) is 19.0. The Morgan fingerprint density at radius 2 is 1.48 bits per heavy atom. The van der Waals surface area contributed by atoms with Gasteiger partial charge in [-0.2, -0.15) is 5.26 Å². The number of hydrogen-bond acceptors (Lipinski definition) is 4. The van der Waals surface area contributed by atoms with Crippen LogP contribution in [0.4, 0.5) is 0 Å². The lowest BCUT2D eigenvalue weighted by Crippen LogP contribution is -2.18. The molecule has 2 aromatic rings. The van der Waals surface area contributed by atoms with Gasteiger partial charge in [-0.25, -0.2) is 4.79 Å². The number of ether oxygens (including phenoxy) is 1. The Bertz CT molecular complexity index is 771. The molecule has 2 aromatic carbocycles. The molecule has 0 aliphatic carbocycles. The first kappa shape index (κ1) is 16.2. The lowest BCUT2D eigenvalue weighted by atomic mass is 9.94. The number of esters is 1. The van der Waals surface area contributed by atoms with E-state index in [9.17, 15) is 14.9 Å². The summed E-state index contributed by atoms with van der Waals surface area (Å²) >= 11 is 0. The number of allylic oxidation sites excluding steroid dienone is 1. The number of hydrogen-bond donors (Lipinski definition) is 0. The smallest absolute Gasteiger partial charge is 0.343 e. The molecule has 0 bridgehead atoms. The zero-order chi connectivity index (χ0) is 16.7. The first-order valence-electron chi connectivity index (χ1n) is 7.15. The van der Waals surface area contributed by atoms with Crippen LogP contribution in [0.25, 0.3) is 5.57 Å². The van der Waals surface area contributed by atoms with Crippen LogP contribution in [0, 0.1) is 11.3 Å². The zero-order valence-electron chi connectivity index (χ0n) is 12.7. The van der Waals surface area contributed by atoms with Crippen molar-refractivity contribution in [2.24, 2.45) is 0 Å². The van der Waals surface area contributed by atoms with Gasteiger partial charge in [0.2, 0.25) is 5.78 Å². The minimum absolute atomic E-state index is 0.0119. The highest BCUT2D eigenvalue weighted by Crippen LogP contribution is 2.22. The normalized spacial score (nSPS) is 11.1. The molecule has 0 radical (unpaired) electrons. The molecule has 0 saturated heterocycles. The van der Waals surface area contributed by atoms with E-state index in [0.29, 0.717) is 11.1 Å². The molecule has 4 heteroatoms. The summed E-state index contributed by atoms with van der Waals surface area (Å²) in [7, 11) is 0. The van der Waals surface area contributed by atoms with Gasteiger partial charge in [0.15, 0.2) is 0 Å². The summed E-state index contributed by atoms with van der Waals surface area (Å²) in [6.45, 7) is 1.77. The van der Waals surface area contributed by atoms with Gasteiger partial charge in [0.05, 0.1) is 12.2 Å². The van der Waals surface area contributed by atoms with Crippen LogP contribution in [0.1, 0.15) is 22.8 Å². The third kappa shape index (κ3) is 3.72. The SMILES string of the molecule is CCOC(=O)/C(C(=O)c1ccccc1)=C(\C#N)c1ccccc1. The van der Waals surface area contributed by atoms with Crippen LogP contribution in [-0.2, 0) is 9.53 Å². The van der Waals surface area contributed by atoms with E-state index in [1.54, 1.807) is 67.6 Å². The fourth-order valence-corrected chi connectivity index (χ4v) is 2.12. The predicted molar refractivity (Wildman–Crippen MR) is 86.4 cm³/mol. The molecule has 4 nitrogen and oxygen atoms in total. The Morgan fingerprint density at radius 3 is 1.96 bits per heavy atom. The largest absolute Gasteiger partial charge is 0.462 e. The maximum atomic E-state index is 12.7. The van der Waals surface area contributed by atoms with E-state index in [1.165, 1.54) is 0 Å². The molecule has 0 N–H and O–H groups in total. The third-order valence-corrected chi connectivity index (χ3v) is 3.17. The van der Waals surface area contributed by atoms with Crippen LogP contribution in [0.15, 0.2) is 66.2 Å². The molecule has 0 aromatic heterocycles. The summed E-state index contributed by atoms with van der Waals surface area (Å²) in [6.07, 6.45) is 0. The fourth-order valence-electron chi connectivity index (χ4n) is 2.12. The van der Waals surface area contributed by atoms with Gasteiger partial charge in [-0.05, 0) is 12.5 Å². The number of rotatable bonds is 5. The molecule has 0 aliphatic rings. The van der Waals surface area contributed by atoms with Gasteiger partial charge in [0.1, 0.15) is 11.6 Å². The second kappa shape index (κ2) is 7.71. The highest BCUT2D eigenvalue weighted by atomic mass is 16.5. The predicted octanol–water partition coefficient (Wildman–Crippen LogP) is 3.41. The molecule has 0 unspecified atom stereocenters.